The molecule has 1 amide bonds. The summed E-state index contributed by atoms with van der Waals surface area (Å²) in [5, 5.41) is 21.9. The second-order valence-electron chi connectivity index (χ2n) is 5.70. The number of carboxylic acid groups (broad SMARTS) is 1. The third-order valence-corrected chi connectivity index (χ3v) is 3.84. The summed E-state index contributed by atoms with van der Waals surface area (Å²) in [4.78, 5) is 23.4. The first-order valence-corrected chi connectivity index (χ1v) is 7.95. The Hall–Kier alpha value is -3.06. The van der Waals surface area contributed by atoms with Gasteiger partial charge in [0.05, 0.1) is 7.11 Å². The number of ether oxygens (including phenoxy) is 2. The van der Waals surface area contributed by atoms with Gasteiger partial charge in [-0.15, -0.1) is 0 Å². The van der Waals surface area contributed by atoms with Crippen molar-refractivity contribution in [2.24, 2.45) is 0 Å². The molecule has 2 unspecified atom stereocenters. The van der Waals surface area contributed by atoms with E-state index >= 15 is 0 Å². The molecule has 0 saturated heterocycles. The number of alkyl carbamates (subject to hydrolysis) is 1. The molecule has 0 aliphatic carbocycles. The van der Waals surface area contributed by atoms with E-state index in [1.54, 1.807) is 36.4 Å². The monoisotopic (exact) mass is 359 g/mol. The number of carbonyl (C=O) groups is 2. The molecule has 7 nitrogen and oxygen atoms in total. The Morgan fingerprint density at radius 1 is 1.15 bits per heavy atom. The molecule has 0 spiro atoms. The van der Waals surface area contributed by atoms with Gasteiger partial charge in [-0.25, -0.2) is 9.59 Å². The van der Waals surface area contributed by atoms with Crippen LogP contribution < -0.4 is 10.1 Å². The highest BCUT2D eigenvalue weighted by Crippen LogP contribution is 2.25. The van der Waals surface area contributed by atoms with Crippen LogP contribution in [0.2, 0.25) is 0 Å². The number of aryl methyl sites for hydroxylation is 1. The van der Waals surface area contributed by atoms with Crippen molar-refractivity contribution in [1.82, 2.24) is 5.32 Å². The number of nitrogens with one attached hydrogen (secondary N) is 1. The second kappa shape index (κ2) is 8.87. The largest absolute Gasteiger partial charge is 0.496 e. The average molecular weight is 359 g/mol. The summed E-state index contributed by atoms with van der Waals surface area (Å²) in [5.41, 5.74) is 1.91. The van der Waals surface area contributed by atoms with Crippen LogP contribution in [0.4, 0.5) is 4.79 Å². The first-order valence-electron chi connectivity index (χ1n) is 7.95. The molecule has 0 bridgehead atoms. The van der Waals surface area contributed by atoms with Gasteiger partial charge in [0, 0.05) is 0 Å². The maximum absolute atomic E-state index is 11.9. The van der Waals surface area contributed by atoms with Gasteiger partial charge in [0.2, 0.25) is 0 Å². The summed E-state index contributed by atoms with van der Waals surface area (Å²) >= 11 is 0. The van der Waals surface area contributed by atoms with Crippen molar-refractivity contribution in [3.05, 3.63) is 65.2 Å². The van der Waals surface area contributed by atoms with Gasteiger partial charge in [-0.05, 0) is 29.7 Å². The number of carboxylic acids is 1. The van der Waals surface area contributed by atoms with Gasteiger partial charge in [0.15, 0.2) is 6.04 Å². The number of methoxy groups -OCH3 is 1. The Labute approximate surface area is 151 Å². The number of aliphatic hydroxyl groups excluding tert-OH is 1. The molecule has 7 heteroatoms. The molecule has 2 aromatic carbocycles. The molecule has 0 heterocycles. The van der Waals surface area contributed by atoms with Gasteiger partial charge in [-0.2, -0.15) is 0 Å². The lowest BCUT2D eigenvalue weighted by Crippen LogP contribution is -2.45. The van der Waals surface area contributed by atoms with E-state index in [4.69, 9.17) is 9.47 Å². The minimum atomic E-state index is -1.56. The summed E-state index contributed by atoms with van der Waals surface area (Å²) in [7, 11) is 1.48. The minimum absolute atomic E-state index is 0.00649. The van der Waals surface area contributed by atoms with Gasteiger partial charge in [0.25, 0.3) is 0 Å². The Kier molecular flexibility index (Phi) is 6.57. The number of aliphatic hydroxyl groups is 1. The third-order valence-electron chi connectivity index (χ3n) is 3.84. The van der Waals surface area contributed by atoms with Crippen LogP contribution in [0.25, 0.3) is 0 Å². The Morgan fingerprint density at radius 2 is 1.85 bits per heavy atom. The van der Waals surface area contributed by atoms with E-state index < -0.39 is 24.2 Å². The van der Waals surface area contributed by atoms with E-state index in [2.05, 4.69) is 5.32 Å². The predicted molar refractivity (Wildman–Crippen MR) is 93.9 cm³/mol. The van der Waals surface area contributed by atoms with Crippen LogP contribution in [0.15, 0.2) is 48.5 Å². The molecule has 2 atom stereocenters. The fourth-order valence-corrected chi connectivity index (χ4v) is 2.38. The lowest BCUT2D eigenvalue weighted by Gasteiger charge is -2.21. The highest BCUT2D eigenvalue weighted by atomic mass is 16.5. The second-order valence-corrected chi connectivity index (χ2v) is 5.70. The number of carbonyl (C=O) groups excluding carboxylic acids is 1. The fraction of sp³-hybridized carbons (Fsp3) is 0.263. The number of aliphatic carboxylic acids is 1. The third kappa shape index (κ3) is 4.97. The first-order chi connectivity index (χ1) is 12.4. The lowest BCUT2D eigenvalue weighted by atomic mass is 10.0. The highest BCUT2D eigenvalue weighted by Gasteiger charge is 2.30. The van der Waals surface area contributed by atoms with Crippen molar-refractivity contribution < 1.29 is 29.3 Å². The number of hydrogen-bond acceptors (Lipinski definition) is 5. The average Bonchev–Trinajstić information content (AvgIpc) is 2.65. The van der Waals surface area contributed by atoms with Crippen LogP contribution >= 0.6 is 0 Å². The van der Waals surface area contributed by atoms with Crippen molar-refractivity contribution >= 4 is 12.1 Å². The summed E-state index contributed by atoms with van der Waals surface area (Å²) in [5.74, 6) is -0.869. The maximum Gasteiger partial charge on any atom is 0.408 e. The first kappa shape index (κ1) is 19.3. The minimum Gasteiger partial charge on any atom is -0.496 e. The summed E-state index contributed by atoms with van der Waals surface area (Å²) < 4.78 is 10.2. The van der Waals surface area contributed by atoms with Gasteiger partial charge in [0.1, 0.15) is 18.5 Å². The topological polar surface area (TPSA) is 105 Å². The van der Waals surface area contributed by atoms with Gasteiger partial charge in [-0.3, -0.25) is 0 Å². The van der Waals surface area contributed by atoms with Crippen LogP contribution in [0.1, 0.15) is 22.8 Å². The molecule has 0 saturated carbocycles. The van der Waals surface area contributed by atoms with Crippen molar-refractivity contribution in [2.75, 3.05) is 7.11 Å². The molecule has 0 radical (unpaired) electrons. The summed E-state index contributed by atoms with van der Waals surface area (Å²) in [6, 6.07) is 12.2. The molecule has 0 aromatic heterocycles. The van der Waals surface area contributed by atoms with Crippen LogP contribution in [-0.2, 0) is 16.1 Å². The fourth-order valence-electron chi connectivity index (χ4n) is 2.38. The van der Waals surface area contributed by atoms with E-state index in [0.717, 1.165) is 11.1 Å². The number of rotatable bonds is 7. The van der Waals surface area contributed by atoms with Gasteiger partial charge >= 0.3 is 12.1 Å². The Morgan fingerprint density at radius 3 is 2.46 bits per heavy atom. The van der Waals surface area contributed by atoms with Gasteiger partial charge in [-0.1, -0.05) is 42.5 Å². The van der Waals surface area contributed by atoms with Crippen LogP contribution in [0.5, 0.6) is 5.75 Å². The number of amides is 1. The summed E-state index contributed by atoms with van der Waals surface area (Å²) in [6.45, 7) is 1.82. The Balaban J connectivity index is 2.05. The van der Waals surface area contributed by atoms with Gasteiger partial charge < -0.3 is 25.0 Å². The van der Waals surface area contributed by atoms with E-state index in [1.807, 2.05) is 13.0 Å². The quantitative estimate of drug-likeness (QED) is 0.701. The van der Waals surface area contributed by atoms with Crippen molar-refractivity contribution in [2.45, 2.75) is 25.7 Å². The van der Waals surface area contributed by atoms with Crippen LogP contribution in [0.3, 0.4) is 0 Å². The molecule has 0 aliphatic rings. The molecule has 2 rings (SSSR count). The van der Waals surface area contributed by atoms with E-state index in [9.17, 15) is 19.8 Å². The van der Waals surface area contributed by atoms with E-state index in [0.29, 0.717) is 11.3 Å². The zero-order chi connectivity index (χ0) is 19.1. The van der Waals surface area contributed by atoms with Crippen LogP contribution in [-0.4, -0.2) is 35.4 Å². The molecular formula is C19H21NO6. The molecule has 0 aliphatic heterocycles. The lowest BCUT2D eigenvalue weighted by molar-refractivity contribution is -0.142. The van der Waals surface area contributed by atoms with Crippen LogP contribution in [0, 0.1) is 6.92 Å². The smallest absolute Gasteiger partial charge is 0.408 e. The SMILES string of the molecule is COc1cc(C(O)C(NC(=O)OCc2ccccc2)C(=O)O)ccc1C. The molecule has 2 aromatic rings. The standard InChI is InChI=1S/C19H21NO6/c1-12-8-9-14(10-15(12)25-2)17(21)16(18(22)23)20-19(24)26-11-13-6-4-3-5-7-13/h3-10,16-17,21H,11H2,1-2H3,(H,20,24)(H,22,23). The van der Waals surface area contributed by atoms with E-state index in [1.165, 1.54) is 13.2 Å². The molecule has 0 fully saturated rings. The van der Waals surface area contributed by atoms with Crippen molar-refractivity contribution in [3.8, 4) is 5.75 Å². The van der Waals surface area contributed by atoms with E-state index in [-0.39, 0.29) is 6.61 Å². The Bertz CT molecular complexity index is 762. The zero-order valence-electron chi connectivity index (χ0n) is 14.5. The zero-order valence-corrected chi connectivity index (χ0v) is 14.5. The number of benzene rings is 2. The normalized spacial score (nSPS) is 12.7. The molecule has 138 valence electrons. The molecule has 3 N–H and O–H groups in total. The molecular weight excluding hydrogens is 338 g/mol. The van der Waals surface area contributed by atoms with Crippen molar-refractivity contribution in [3.63, 3.8) is 0 Å². The highest BCUT2D eigenvalue weighted by molar-refractivity contribution is 5.80. The number of hydrogen-bond donors (Lipinski definition) is 3. The summed E-state index contributed by atoms with van der Waals surface area (Å²) in [6.07, 6.45) is -2.40. The maximum atomic E-state index is 11.9. The molecule has 26 heavy (non-hydrogen) atoms. The predicted octanol–water partition coefficient (Wildman–Crippen LogP) is 2.42. The van der Waals surface area contributed by atoms with Crippen molar-refractivity contribution in [1.29, 1.82) is 0 Å².